The number of carbonyl (C=O) groups is 2. The van der Waals surface area contributed by atoms with Crippen LogP contribution in [-0.4, -0.2) is 34.8 Å². The molecule has 158 valence electrons. The number of carbonyl (C=O) groups excluding carboxylic acids is 2. The molecular formula is C24H23N3O3S. The minimum atomic E-state index is -0.194. The number of ether oxygens (including phenoxy) is 1. The summed E-state index contributed by atoms with van der Waals surface area (Å²) >= 11 is 1.37. The first-order valence-corrected chi connectivity index (χ1v) is 11.0. The number of rotatable bonds is 8. The number of hydrogen-bond donors (Lipinski definition) is 1. The summed E-state index contributed by atoms with van der Waals surface area (Å²) in [6.07, 6.45) is 1.13. The second kappa shape index (κ2) is 9.14. The Bertz CT molecular complexity index is 1090. The van der Waals surface area contributed by atoms with Crippen molar-refractivity contribution in [1.82, 2.24) is 9.88 Å². The number of benzene rings is 2. The van der Waals surface area contributed by atoms with Gasteiger partial charge in [-0.05, 0) is 36.8 Å². The Kier molecular flexibility index (Phi) is 6.13. The molecule has 1 aromatic heterocycles. The average Bonchev–Trinajstić information content (AvgIpc) is 3.34. The fraction of sp³-hybridized carbons (Fsp3) is 0.208. The Morgan fingerprint density at radius 1 is 1.16 bits per heavy atom. The maximum absolute atomic E-state index is 12.5. The predicted octanol–water partition coefficient (Wildman–Crippen LogP) is 5.05. The summed E-state index contributed by atoms with van der Waals surface area (Å²) in [5.41, 5.74) is 3.83. The van der Waals surface area contributed by atoms with Crippen molar-refractivity contribution in [1.29, 1.82) is 0 Å². The number of fused-ring (bicyclic) bond motifs is 1. The van der Waals surface area contributed by atoms with Gasteiger partial charge in [-0.25, -0.2) is 4.98 Å². The summed E-state index contributed by atoms with van der Waals surface area (Å²) in [7, 11) is 0. The van der Waals surface area contributed by atoms with Crippen molar-refractivity contribution in [2.45, 2.75) is 19.8 Å². The van der Waals surface area contributed by atoms with E-state index in [1.165, 1.54) is 11.3 Å². The molecule has 1 N–H and O–H groups in total. The average molecular weight is 434 g/mol. The molecule has 7 heteroatoms. The summed E-state index contributed by atoms with van der Waals surface area (Å²) in [5, 5.41) is 5.25. The molecule has 0 fully saturated rings. The lowest BCUT2D eigenvalue weighted by atomic mass is 10.1. The van der Waals surface area contributed by atoms with Gasteiger partial charge in [-0.1, -0.05) is 31.7 Å². The first-order valence-electron chi connectivity index (χ1n) is 10.2. The van der Waals surface area contributed by atoms with Crippen LogP contribution in [0.2, 0.25) is 0 Å². The highest BCUT2D eigenvalue weighted by Crippen LogP contribution is 2.31. The Morgan fingerprint density at radius 2 is 1.90 bits per heavy atom. The monoisotopic (exact) mass is 433 g/mol. The van der Waals surface area contributed by atoms with E-state index in [0.29, 0.717) is 23.0 Å². The fourth-order valence-electron chi connectivity index (χ4n) is 3.37. The molecule has 0 spiro atoms. The van der Waals surface area contributed by atoms with Crippen LogP contribution >= 0.6 is 11.3 Å². The van der Waals surface area contributed by atoms with Crippen LogP contribution in [0.25, 0.3) is 17.0 Å². The smallest absolute Gasteiger partial charge is 0.258 e. The molecule has 1 aliphatic rings. The third-order valence-electron chi connectivity index (χ3n) is 4.98. The van der Waals surface area contributed by atoms with Crippen molar-refractivity contribution in [2.24, 2.45) is 0 Å². The number of aromatic nitrogens is 1. The van der Waals surface area contributed by atoms with E-state index in [1.807, 2.05) is 47.8 Å². The molecular weight excluding hydrogens is 410 g/mol. The number of thiazole rings is 1. The van der Waals surface area contributed by atoms with Gasteiger partial charge in [0.1, 0.15) is 5.75 Å². The number of nitrogens with one attached hydrogen (secondary N) is 1. The van der Waals surface area contributed by atoms with Crippen molar-refractivity contribution < 1.29 is 14.3 Å². The van der Waals surface area contributed by atoms with Crippen LogP contribution < -0.4 is 10.1 Å². The number of amides is 2. The highest BCUT2D eigenvalue weighted by atomic mass is 32.1. The molecule has 2 aromatic carbocycles. The Hall–Kier alpha value is -3.45. The largest absolute Gasteiger partial charge is 0.494 e. The van der Waals surface area contributed by atoms with Crippen molar-refractivity contribution in [3.8, 4) is 17.0 Å². The molecule has 2 amide bonds. The van der Waals surface area contributed by atoms with E-state index in [4.69, 9.17) is 4.74 Å². The van der Waals surface area contributed by atoms with Gasteiger partial charge in [-0.2, -0.15) is 0 Å². The normalized spacial score (nSPS) is 12.7. The Labute approximate surface area is 185 Å². The highest BCUT2D eigenvalue weighted by molar-refractivity contribution is 7.14. The lowest BCUT2D eigenvalue weighted by molar-refractivity contribution is -0.116. The second-order valence-electron chi connectivity index (χ2n) is 7.16. The zero-order valence-corrected chi connectivity index (χ0v) is 18.1. The Balaban J connectivity index is 1.32. The maximum atomic E-state index is 12.5. The molecule has 2 heterocycles. The number of nitrogens with zero attached hydrogens (tertiary/aromatic N) is 2. The predicted molar refractivity (Wildman–Crippen MR) is 123 cm³/mol. The van der Waals surface area contributed by atoms with Gasteiger partial charge in [0.25, 0.3) is 5.91 Å². The van der Waals surface area contributed by atoms with E-state index in [9.17, 15) is 9.59 Å². The minimum absolute atomic E-state index is 0.115. The summed E-state index contributed by atoms with van der Waals surface area (Å²) in [6, 6.07) is 15.1. The molecule has 0 saturated heterocycles. The van der Waals surface area contributed by atoms with Crippen molar-refractivity contribution in [3.63, 3.8) is 0 Å². The van der Waals surface area contributed by atoms with Crippen LogP contribution in [0.1, 0.15) is 35.7 Å². The molecule has 0 radical (unpaired) electrons. The van der Waals surface area contributed by atoms with Gasteiger partial charge in [0, 0.05) is 40.7 Å². The zero-order chi connectivity index (χ0) is 21.8. The molecule has 0 saturated carbocycles. The van der Waals surface area contributed by atoms with Crippen molar-refractivity contribution in [3.05, 3.63) is 71.6 Å². The molecule has 31 heavy (non-hydrogen) atoms. The topological polar surface area (TPSA) is 71.5 Å². The highest BCUT2D eigenvalue weighted by Gasteiger charge is 2.30. The van der Waals surface area contributed by atoms with Gasteiger partial charge in [0.05, 0.1) is 12.3 Å². The van der Waals surface area contributed by atoms with E-state index < -0.39 is 0 Å². The fourth-order valence-corrected chi connectivity index (χ4v) is 4.11. The van der Waals surface area contributed by atoms with E-state index in [0.717, 1.165) is 29.0 Å². The van der Waals surface area contributed by atoms with Gasteiger partial charge in [-0.3, -0.25) is 9.59 Å². The number of anilines is 1. The van der Waals surface area contributed by atoms with Gasteiger partial charge in [0.15, 0.2) is 5.13 Å². The van der Waals surface area contributed by atoms with Crippen LogP contribution in [-0.2, 0) is 4.79 Å². The maximum Gasteiger partial charge on any atom is 0.258 e. The lowest BCUT2D eigenvalue weighted by Crippen LogP contribution is -2.27. The van der Waals surface area contributed by atoms with E-state index >= 15 is 0 Å². The van der Waals surface area contributed by atoms with Gasteiger partial charge in [-0.15, -0.1) is 11.3 Å². The van der Waals surface area contributed by atoms with Crippen LogP contribution in [0.15, 0.2) is 60.5 Å². The van der Waals surface area contributed by atoms with E-state index in [-0.39, 0.29) is 24.8 Å². The third kappa shape index (κ3) is 4.51. The van der Waals surface area contributed by atoms with E-state index in [2.05, 4.69) is 23.8 Å². The molecule has 0 bridgehead atoms. The van der Waals surface area contributed by atoms with Gasteiger partial charge in [0.2, 0.25) is 5.91 Å². The SMILES string of the molecule is C=C1c2ccccc2C(=O)N1CCC(=O)Nc1nc(-c2ccc(OCCC)cc2)cs1. The first kappa shape index (κ1) is 20.8. The summed E-state index contributed by atoms with van der Waals surface area (Å²) in [5.74, 6) is 0.520. The molecule has 0 atom stereocenters. The Morgan fingerprint density at radius 3 is 2.61 bits per heavy atom. The van der Waals surface area contributed by atoms with Crippen LogP contribution in [0, 0.1) is 0 Å². The van der Waals surface area contributed by atoms with Crippen molar-refractivity contribution in [2.75, 3.05) is 18.5 Å². The van der Waals surface area contributed by atoms with Gasteiger partial charge < -0.3 is 15.0 Å². The molecule has 4 rings (SSSR count). The quantitative estimate of drug-likeness (QED) is 0.539. The van der Waals surface area contributed by atoms with Crippen molar-refractivity contribution >= 4 is 34.0 Å². The molecule has 3 aromatic rings. The van der Waals surface area contributed by atoms with Crippen LogP contribution in [0.3, 0.4) is 0 Å². The summed E-state index contributed by atoms with van der Waals surface area (Å²) < 4.78 is 5.60. The summed E-state index contributed by atoms with van der Waals surface area (Å²) in [6.45, 7) is 7.03. The first-order chi connectivity index (χ1) is 15.1. The summed E-state index contributed by atoms with van der Waals surface area (Å²) in [4.78, 5) is 31.0. The minimum Gasteiger partial charge on any atom is -0.494 e. The molecule has 0 unspecified atom stereocenters. The number of hydrogen-bond acceptors (Lipinski definition) is 5. The van der Waals surface area contributed by atoms with Gasteiger partial charge >= 0.3 is 0 Å². The second-order valence-corrected chi connectivity index (χ2v) is 8.02. The zero-order valence-electron chi connectivity index (χ0n) is 17.3. The molecule has 1 aliphatic heterocycles. The molecule has 6 nitrogen and oxygen atoms in total. The van der Waals surface area contributed by atoms with Crippen LogP contribution in [0.5, 0.6) is 5.75 Å². The standard InChI is InChI=1S/C24H23N3O3S/c1-3-14-30-18-10-8-17(9-11-18)21-15-31-24(25-21)26-22(28)12-13-27-16(2)19-6-4-5-7-20(19)23(27)29/h4-11,15H,2-3,12-14H2,1H3,(H,25,26,28). The third-order valence-corrected chi connectivity index (χ3v) is 5.73. The molecule has 0 aliphatic carbocycles. The van der Waals surface area contributed by atoms with E-state index in [1.54, 1.807) is 11.0 Å². The lowest BCUT2D eigenvalue weighted by Gasteiger charge is -2.16. The van der Waals surface area contributed by atoms with Crippen LogP contribution in [0.4, 0.5) is 5.13 Å².